The van der Waals surface area contributed by atoms with Crippen LogP contribution in [0.5, 0.6) is 0 Å². The number of anilines is 1. The van der Waals surface area contributed by atoms with E-state index in [0.29, 0.717) is 12.2 Å². The van der Waals surface area contributed by atoms with Crippen LogP contribution in [0.3, 0.4) is 0 Å². The largest absolute Gasteiger partial charge is 0.274 e. The van der Waals surface area contributed by atoms with Crippen LogP contribution in [0.15, 0.2) is 30.3 Å². The second kappa shape index (κ2) is 5.40. The summed E-state index contributed by atoms with van der Waals surface area (Å²) in [6, 6.07) is 9.44. The van der Waals surface area contributed by atoms with E-state index in [2.05, 4.69) is 5.10 Å². The van der Waals surface area contributed by atoms with E-state index in [-0.39, 0.29) is 24.2 Å². The van der Waals surface area contributed by atoms with Crippen LogP contribution >= 0.6 is 0 Å². The number of hydrogen-bond donors (Lipinski definition) is 0. The second-order valence-corrected chi connectivity index (χ2v) is 5.92. The minimum Gasteiger partial charge on any atom is -0.274 e. The van der Waals surface area contributed by atoms with Crippen LogP contribution in [0.2, 0.25) is 0 Å². The SMILES string of the molecule is Cc1cccc(N2C(=O)C[C@H](Cn3nc(C)cc3C)C2=O)c1. The van der Waals surface area contributed by atoms with Crippen molar-refractivity contribution < 1.29 is 9.59 Å². The molecule has 5 nitrogen and oxygen atoms in total. The van der Waals surface area contributed by atoms with Gasteiger partial charge in [0.05, 0.1) is 23.8 Å². The Morgan fingerprint density at radius 2 is 1.95 bits per heavy atom. The van der Waals surface area contributed by atoms with Gasteiger partial charge in [-0.1, -0.05) is 12.1 Å². The summed E-state index contributed by atoms with van der Waals surface area (Å²) in [6.45, 7) is 6.28. The first-order valence-electron chi connectivity index (χ1n) is 7.40. The number of rotatable bonds is 3. The van der Waals surface area contributed by atoms with E-state index in [1.807, 2.05) is 49.7 Å². The Morgan fingerprint density at radius 1 is 1.18 bits per heavy atom. The lowest BCUT2D eigenvalue weighted by molar-refractivity contribution is -0.122. The normalized spacial score (nSPS) is 18.3. The molecule has 1 fully saturated rings. The number of hydrogen-bond acceptors (Lipinski definition) is 3. The van der Waals surface area contributed by atoms with Crippen LogP contribution < -0.4 is 4.90 Å². The standard InChI is InChI=1S/C17H19N3O2/c1-11-5-4-6-15(7-11)20-16(21)9-14(17(20)22)10-19-13(3)8-12(2)18-19/h4-8,14H,9-10H2,1-3H3/t14-/m1/s1. The fraction of sp³-hybridized carbons (Fsp3) is 0.353. The molecule has 0 unspecified atom stereocenters. The topological polar surface area (TPSA) is 55.2 Å². The Labute approximate surface area is 129 Å². The van der Waals surface area contributed by atoms with Crippen molar-refractivity contribution in [3.63, 3.8) is 0 Å². The molecule has 0 aliphatic carbocycles. The van der Waals surface area contributed by atoms with Crippen molar-refractivity contribution in [1.82, 2.24) is 9.78 Å². The van der Waals surface area contributed by atoms with Crippen LogP contribution in [0, 0.1) is 26.7 Å². The molecule has 0 bridgehead atoms. The molecule has 1 aromatic heterocycles. The summed E-state index contributed by atoms with van der Waals surface area (Å²) in [5.41, 5.74) is 3.61. The molecular weight excluding hydrogens is 278 g/mol. The van der Waals surface area contributed by atoms with E-state index in [9.17, 15) is 9.59 Å². The first-order chi connectivity index (χ1) is 10.5. The Kier molecular flexibility index (Phi) is 3.56. The number of nitrogens with zero attached hydrogens (tertiary/aromatic N) is 3. The van der Waals surface area contributed by atoms with Crippen molar-refractivity contribution in [1.29, 1.82) is 0 Å². The molecule has 114 valence electrons. The Morgan fingerprint density at radius 3 is 2.59 bits per heavy atom. The second-order valence-electron chi connectivity index (χ2n) is 5.92. The van der Waals surface area contributed by atoms with Crippen molar-refractivity contribution >= 4 is 17.5 Å². The summed E-state index contributed by atoms with van der Waals surface area (Å²) >= 11 is 0. The number of carbonyl (C=O) groups is 2. The van der Waals surface area contributed by atoms with Gasteiger partial charge in [0.25, 0.3) is 0 Å². The number of aromatic nitrogens is 2. The number of aryl methyl sites for hydroxylation is 3. The molecule has 1 aliphatic heterocycles. The molecule has 5 heteroatoms. The van der Waals surface area contributed by atoms with Gasteiger partial charge in [-0.25, -0.2) is 0 Å². The molecule has 1 atom stereocenters. The highest BCUT2D eigenvalue weighted by Gasteiger charge is 2.39. The van der Waals surface area contributed by atoms with Gasteiger partial charge in [-0.3, -0.25) is 19.2 Å². The lowest BCUT2D eigenvalue weighted by atomic mass is 10.1. The maximum atomic E-state index is 12.6. The monoisotopic (exact) mass is 297 g/mol. The van der Waals surface area contributed by atoms with Gasteiger partial charge < -0.3 is 0 Å². The molecule has 2 heterocycles. The third-order valence-corrected chi connectivity index (χ3v) is 4.00. The van der Waals surface area contributed by atoms with Crippen LogP contribution in [-0.2, 0) is 16.1 Å². The average molecular weight is 297 g/mol. The molecule has 0 saturated carbocycles. The smallest absolute Gasteiger partial charge is 0.239 e. The molecule has 1 aromatic carbocycles. The van der Waals surface area contributed by atoms with Crippen LogP contribution in [0.25, 0.3) is 0 Å². The van der Waals surface area contributed by atoms with E-state index in [4.69, 9.17) is 0 Å². The molecule has 1 saturated heterocycles. The van der Waals surface area contributed by atoms with Crippen molar-refractivity contribution in [3.8, 4) is 0 Å². The average Bonchev–Trinajstić information content (AvgIpc) is 2.90. The minimum atomic E-state index is -0.342. The zero-order valence-corrected chi connectivity index (χ0v) is 13.0. The molecule has 0 spiro atoms. The summed E-state index contributed by atoms with van der Waals surface area (Å²) < 4.78 is 1.81. The van der Waals surface area contributed by atoms with Crippen molar-refractivity contribution in [2.24, 2.45) is 5.92 Å². The first-order valence-corrected chi connectivity index (χ1v) is 7.40. The van der Waals surface area contributed by atoms with Gasteiger partial charge in [-0.15, -0.1) is 0 Å². The van der Waals surface area contributed by atoms with Gasteiger partial charge in [0.15, 0.2) is 0 Å². The predicted molar refractivity (Wildman–Crippen MR) is 83.5 cm³/mol. The maximum Gasteiger partial charge on any atom is 0.239 e. The lowest BCUT2D eigenvalue weighted by Gasteiger charge is -2.16. The Hall–Kier alpha value is -2.43. The van der Waals surface area contributed by atoms with Gasteiger partial charge in [0, 0.05) is 12.1 Å². The highest BCUT2D eigenvalue weighted by molar-refractivity contribution is 6.20. The van der Waals surface area contributed by atoms with Gasteiger partial charge in [-0.2, -0.15) is 5.10 Å². The maximum absolute atomic E-state index is 12.6. The quantitative estimate of drug-likeness (QED) is 0.817. The fourth-order valence-corrected chi connectivity index (χ4v) is 2.94. The van der Waals surface area contributed by atoms with Crippen LogP contribution in [0.1, 0.15) is 23.4 Å². The molecule has 0 radical (unpaired) electrons. The predicted octanol–water partition coefficient (Wildman–Crippen LogP) is 2.39. The lowest BCUT2D eigenvalue weighted by Crippen LogP contribution is -2.31. The summed E-state index contributed by atoms with van der Waals surface area (Å²) in [6.07, 6.45) is 0.241. The van der Waals surface area contributed by atoms with E-state index in [0.717, 1.165) is 17.0 Å². The van der Waals surface area contributed by atoms with Gasteiger partial charge in [-0.05, 0) is 44.5 Å². The third kappa shape index (κ3) is 2.54. The van der Waals surface area contributed by atoms with E-state index in [1.165, 1.54) is 4.90 Å². The first kappa shape index (κ1) is 14.5. The van der Waals surface area contributed by atoms with Gasteiger partial charge >= 0.3 is 0 Å². The van der Waals surface area contributed by atoms with Crippen LogP contribution in [0.4, 0.5) is 5.69 Å². The molecular formula is C17H19N3O2. The molecule has 2 aromatic rings. The number of carbonyl (C=O) groups excluding carboxylic acids is 2. The molecule has 0 N–H and O–H groups in total. The van der Waals surface area contributed by atoms with E-state index >= 15 is 0 Å². The molecule has 1 aliphatic rings. The van der Waals surface area contributed by atoms with Crippen molar-refractivity contribution in [2.75, 3.05) is 4.90 Å². The van der Waals surface area contributed by atoms with Gasteiger partial charge in [0.1, 0.15) is 0 Å². The Bertz CT molecular complexity index is 748. The molecule has 3 rings (SSSR count). The van der Waals surface area contributed by atoms with Gasteiger partial charge in [0.2, 0.25) is 11.8 Å². The third-order valence-electron chi connectivity index (χ3n) is 4.00. The Balaban J connectivity index is 1.84. The van der Waals surface area contributed by atoms with E-state index < -0.39 is 0 Å². The summed E-state index contributed by atoms with van der Waals surface area (Å²) in [5.74, 6) is -0.615. The molecule has 2 amide bonds. The van der Waals surface area contributed by atoms with Crippen molar-refractivity contribution in [2.45, 2.75) is 33.7 Å². The number of amides is 2. The summed E-state index contributed by atoms with van der Waals surface area (Å²) in [5, 5.41) is 4.38. The van der Waals surface area contributed by atoms with Crippen LogP contribution in [-0.4, -0.2) is 21.6 Å². The minimum absolute atomic E-state index is 0.136. The summed E-state index contributed by atoms with van der Waals surface area (Å²) in [7, 11) is 0. The fourth-order valence-electron chi connectivity index (χ4n) is 2.94. The van der Waals surface area contributed by atoms with E-state index in [1.54, 1.807) is 6.07 Å². The summed E-state index contributed by atoms with van der Waals surface area (Å²) in [4.78, 5) is 26.2. The number of imide groups is 1. The van der Waals surface area contributed by atoms with Crippen molar-refractivity contribution in [3.05, 3.63) is 47.3 Å². The zero-order valence-electron chi connectivity index (χ0n) is 13.0. The highest BCUT2D eigenvalue weighted by Crippen LogP contribution is 2.28. The number of benzene rings is 1. The highest BCUT2D eigenvalue weighted by atomic mass is 16.2. The zero-order chi connectivity index (χ0) is 15.9. The molecule has 22 heavy (non-hydrogen) atoms.